The van der Waals surface area contributed by atoms with Crippen LogP contribution in [0.1, 0.15) is 36.7 Å². The van der Waals surface area contributed by atoms with Gasteiger partial charge in [-0.1, -0.05) is 43.3 Å². The predicted molar refractivity (Wildman–Crippen MR) is 99.5 cm³/mol. The van der Waals surface area contributed by atoms with E-state index in [4.69, 9.17) is 4.42 Å². The molecule has 2 atom stereocenters. The molecule has 2 aromatic heterocycles. The van der Waals surface area contributed by atoms with E-state index in [1.54, 1.807) is 17.4 Å². The minimum Gasteiger partial charge on any atom is -0.457 e. The topological polar surface area (TPSA) is 62.5 Å². The second-order valence-electron chi connectivity index (χ2n) is 5.81. The van der Waals surface area contributed by atoms with E-state index < -0.39 is 6.10 Å². The molecule has 0 aliphatic carbocycles. The Hall–Kier alpha value is -2.37. The fourth-order valence-electron chi connectivity index (χ4n) is 2.76. The molecule has 5 heteroatoms. The highest BCUT2D eigenvalue weighted by Crippen LogP contribution is 2.28. The number of furan rings is 1. The second-order valence-corrected chi connectivity index (χ2v) is 6.76. The molecule has 4 nitrogen and oxygen atoms in total. The maximum absolute atomic E-state index is 12.5. The van der Waals surface area contributed by atoms with E-state index in [0.717, 1.165) is 16.2 Å². The number of nitrogens with one attached hydrogen (secondary N) is 1. The summed E-state index contributed by atoms with van der Waals surface area (Å²) in [4.78, 5) is 13.5. The lowest BCUT2D eigenvalue weighted by Crippen LogP contribution is -2.32. The Bertz CT molecular complexity index is 795. The molecule has 1 amide bonds. The smallest absolute Gasteiger partial charge is 0.227 e. The van der Waals surface area contributed by atoms with Crippen LogP contribution in [0, 0.1) is 0 Å². The number of thiophene rings is 1. The Morgan fingerprint density at radius 3 is 2.64 bits per heavy atom. The Kier molecular flexibility index (Phi) is 5.68. The van der Waals surface area contributed by atoms with Gasteiger partial charge in [-0.2, -0.15) is 0 Å². The van der Waals surface area contributed by atoms with Crippen molar-refractivity contribution in [2.24, 2.45) is 0 Å². The first-order valence-electron chi connectivity index (χ1n) is 8.33. The standard InChI is InChI=1S/C20H21NO3S/c1-2-15(14-7-4-3-5-8-14)20(23)21-13-16(22)17-10-11-18(24-17)19-9-6-12-25-19/h3-12,15-16,22H,2,13H2,1H3,(H,21,23). The van der Waals surface area contributed by atoms with Gasteiger partial charge in [0.1, 0.15) is 17.6 Å². The number of rotatable bonds is 7. The van der Waals surface area contributed by atoms with Gasteiger partial charge >= 0.3 is 0 Å². The predicted octanol–water partition coefficient (Wildman–Crippen LogP) is 4.35. The van der Waals surface area contributed by atoms with Crippen molar-refractivity contribution >= 4 is 17.2 Å². The number of aliphatic hydroxyl groups excluding tert-OH is 1. The molecule has 0 aliphatic rings. The molecule has 2 unspecified atom stereocenters. The quantitative estimate of drug-likeness (QED) is 0.662. The fraction of sp³-hybridized carbons (Fsp3) is 0.250. The summed E-state index contributed by atoms with van der Waals surface area (Å²) in [5.74, 6) is 0.882. The Balaban J connectivity index is 1.60. The molecule has 0 spiro atoms. The highest BCUT2D eigenvalue weighted by molar-refractivity contribution is 7.13. The average Bonchev–Trinajstić information content (AvgIpc) is 3.32. The summed E-state index contributed by atoms with van der Waals surface area (Å²) in [5, 5.41) is 15.1. The molecule has 1 aromatic carbocycles. The van der Waals surface area contributed by atoms with E-state index in [-0.39, 0.29) is 18.4 Å². The van der Waals surface area contributed by atoms with Crippen molar-refractivity contribution < 1.29 is 14.3 Å². The molecule has 130 valence electrons. The van der Waals surface area contributed by atoms with E-state index in [2.05, 4.69) is 5.32 Å². The number of aliphatic hydroxyl groups is 1. The molecule has 25 heavy (non-hydrogen) atoms. The van der Waals surface area contributed by atoms with Gasteiger partial charge in [0.15, 0.2) is 0 Å². The second kappa shape index (κ2) is 8.14. The third-order valence-electron chi connectivity index (χ3n) is 4.12. The summed E-state index contributed by atoms with van der Waals surface area (Å²) in [7, 11) is 0. The van der Waals surface area contributed by atoms with Crippen LogP contribution in [0.15, 0.2) is 64.4 Å². The van der Waals surface area contributed by atoms with Crippen molar-refractivity contribution in [2.75, 3.05) is 6.54 Å². The summed E-state index contributed by atoms with van der Waals surface area (Å²) >= 11 is 1.58. The summed E-state index contributed by atoms with van der Waals surface area (Å²) in [6.07, 6.45) is -0.166. The molecule has 0 saturated carbocycles. The van der Waals surface area contributed by atoms with Crippen LogP contribution in [0.4, 0.5) is 0 Å². The maximum atomic E-state index is 12.5. The highest BCUT2D eigenvalue weighted by Gasteiger charge is 2.20. The van der Waals surface area contributed by atoms with E-state index in [1.165, 1.54) is 0 Å². The van der Waals surface area contributed by atoms with Crippen molar-refractivity contribution in [3.05, 3.63) is 71.3 Å². The van der Waals surface area contributed by atoms with E-state index in [1.807, 2.05) is 60.8 Å². The van der Waals surface area contributed by atoms with Crippen LogP contribution < -0.4 is 5.32 Å². The Labute approximate surface area is 151 Å². The summed E-state index contributed by atoms with van der Waals surface area (Å²) in [5.41, 5.74) is 0.981. The summed E-state index contributed by atoms with van der Waals surface area (Å²) in [6, 6.07) is 17.2. The van der Waals surface area contributed by atoms with Crippen LogP contribution in [-0.4, -0.2) is 17.6 Å². The average molecular weight is 355 g/mol. The fourth-order valence-corrected chi connectivity index (χ4v) is 3.45. The van der Waals surface area contributed by atoms with Gasteiger partial charge in [-0.3, -0.25) is 4.79 Å². The van der Waals surface area contributed by atoms with Gasteiger partial charge in [0, 0.05) is 0 Å². The summed E-state index contributed by atoms with van der Waals surface area (Å²) in [6.45, 7) is 2.10. The van der Waals surface area contributed by atoms with Gasteiger partial charge in [-0.05, 0) is 35.6 Å². The Morgan fingerprint density at radius 2 is 1.96 bits per heavy atom. The van der Waals surface area contributed by atoms with Gasteiger partial charge in [-0.25, -0.2) is 0 Å². The van der Waals surface area contributed by atoms with Crippen molar-refractivity contribution in [3.8, 4) is 10.6 Å². The zero-order valence-electron chi connectivity index (χ0n) is 14.0. The maximum Gasteiger partial charge on any atom is 0.227 e. The van der Waals surface area contributed by atoms with Crippen LogP contribution in [0.5, 0.6) is 0 Å². The lowest BCUT2D eigenvalue weighted by molar-refractivity contribution is -0.123. The molecule has 3 aromatic rings. The third kappa shape index (κ3) is 4.18. The number of carbonyl (C=O) groups is 1. The lowest BCUT2D eigenvalue weighted by atomic mass is 9.95. The molecule has 2 N–H and O–H groups in total. The SMILES string of the molecule is CCC(C(=O)NCC(O)c1ccc(-c2cccs2)o1)c1ccccc1. The Morgan fingerprint density at radius 1 is 1.16 bits per heavy atom. The molecule has 0 radical (unpaired) electrons. The number of amides is 1. The molecular formula is C20H21NO3S. The number of hydrogen-bond donors (Lipinski definition) is 2. The first-order valence-corrected chi connectivity index (χ1v) is 9.21. The first kappa shape index (κ1) is 17.5. The van der Waals surface area contributed by atoms with Crippen molar-refractivity contribution in [2.45, 2.75) is 25.4 Å². The van der Waals surface area contributed by atoms with E-state index in [0.29, 0.717) is 12.2 Å². The van der Waals surface area contributed by atoms with Gasteiger partial charge < -0.3 is 14.8 Å². The van der Waals surface area contributed by atoms with Crippen molar-refractivity contribution in [1.82, 2.24) is 5.32 Å². The van der Waals surface area contributed by atoms with Crippen LogP contribution >= 0.6 is 11.3 Å². The molecule has 0 bridgehead atoms. The molecule has 0 saturated heterocycles. The van der Waals surface area contributed by atoms with Crippen molar-refractivity contribution in [1.29, 1.82) is 0 Å². The monoisotopic (exact) mass is 355 g/mol. The highest BCUT2D eigenvalue weighted by atomic mass is 32.1. The van der Waals surface area contributed by atoms with Gasteiger partial charge in [0.25, 0.3) is 0 Å². The van der Waals surface area contributed by atoms with Crippen molar-refractivity contribution in [3.63, 3.8) is 0 Å². The molecule has 2 heterocycles. The van der Waals surface area contributed by atoms with E-state index >= 15 is 0 Å². The van der Waals surface area contributed by atoms with Crippen LogP contribution in [0.25, 0.3) is 10.6 Å². The normalized spacial score (nSPS) is 13.4. The zero-order valence-corrected chi connectivity index (χ0v) is 14.8. The molecular weight excluding hydrogens is 334 g/mol. The minimum absolute atomic E-state index is 0.0854. The molecule has 0 fully saturated rings. The largest absolute Gasteiger partial charge is 0.457 e. The first-order chi connectivity index (χ1) is 12.2. The minimum atomic E-state index is -0.869. The zero-order chi connectivity index (χ0) is 17.6. The van der Waals surface area contributed by atoms with Crippen LogP contribution in [0.3, 0.4) is 0 Å². The molecule has 0 aliphatic heterocycles. The lowest BCUT2D eigenvalue weighted by Gasteiger charge is -2.16. The van der Waals surface area contributed by atoms with E-state index in [9.17, 15) is 9.90 Å². The van der Waals surface area contributed by atoms with Gasteiger partial charge in [-0.15, -0.1) is 11.3 Å². The number of carbonyl (C=O) groups excluding carboxylic acids is 1. The third-order valence-corrected chi connectivity index (χ3v) is 5.00. The van der Waals surface area contributed by atoms with Crippen LogP contribution in [-0.2, 0) is 4.79 Å². The number of hydrogen-bond acceptors (Lipinski definition) is 4. The number of benzene rings is 1. The molecule has 3 rings (SSSR count). The summed E-state index contributed by atoms with van der Waals surface area (Å²) < 4.78 is 5.70. The van der Waals surface area contributed by atoms with Gasteiger partial charge in [0.2, 0.25) is 5.91 Å². The van der Waals surface area contributed by atoms with Gasteiger partial charge in [0.05, 0.1) is 17.3 Å². The van der Waals surface area contributed by atoms with Crippen LogP contribution in [0.2, 0.25) is 0 Å².